The van der Waals surface area contributed by atoms with Crippen molar-refractivity contribution in [3.63, 3.8) is 0 Å². The molecule has 1 aliphatic rings. The van der Waals surface area contributed by atoms with Gasteiger partial charge in [0.1, 0.15) is 5.52 Å². The lowest BCUT2D eigenvalue weighted by Crippen LogP contribution is -2.49. The molecule has 8 aromatic rings. The molecule has 2 amide bonds. The molecule has 340 valence electrons. The molecule has 1 atom stereocenters. The molecule has 0 aliphatic carbocycles. The molecular formula is C53H58N8O4S. The number of likely N-dealkylation sites (tertiary alicyclic amines) is 1. The van der Waals surface area contributed by atoms with Gasteiger partial charge in [0.05, 0.1) is 24.2 Å². The van der Waals surface area contributed by atoms with Crippen LogP contribution in [-0.4, -0.2) is 71.0 Å². The van der Waals surface area contributed by atoms with Crippen LogP contribution >= 0.6 is 11.3 Å². The van der Waals surface area contributed by atoms with Gasteiger partial charge in [-0.25, -0.2) is 4.98 Å². The number of aromatic nitrogens is 5. The van der Waals surface area contributed by atoms with Gasteiger partial charge in [-0.15, -0.1) is 11.3 Å². The Kier molecular flexibility index (Phi) is 13.0. The molecule has 0 radical (unpaired) electrons. The lowest BCUT2D eigenvalue weighted by molar-refractivity contribution is -0.136. The van der Waals surface area contributed by atoms with Crippen molar-refractivity contribution in [3.05, 3.63) is 141 Å². The standard InChI is InChI=1S/C53H58N8O4S/c1-5-61-44-20-15-38(28-43(44)42-19-18-41(29-45(42)61)46-26-35(2)32-66-46)30-54-23-9-12-47(62)55-31-37-13-16-40(17-14-37)51-49-50(57-58(51)4)52(64)60(34-56-49)33-53(65)21-24-59(25-22-53)48(63)27-36(3)39-10-7-6-8-11-39/h6-8,10-11,13-20,26,28-29,32,34,36,54,65H,5,9,12,21-25,27,30-31,33H2,1-4H3,(H,55,62)/t36-/m1/s1. The zero-order chi connectivity index (χ0) is 46.0. The minimum Gasteiger partial charge on any atom is -0.388 e. The number of rotatable bonds is 16. The summed E-state index contributed by atoms with van der Waals surface area (Å²) in [4.78, 5) is 47.4. The Labute approximate surface area is 388 Å². The third-order valence-electron chi connectivity index (χ3n) is 13.2. The van der Waals surface area contributed by atoms with E-state index in [0.717, 1.165) is 42.7 Å². The fraction of sp³-hybridized carbons (Fsp3) is 0.340. The van der Waals surface area contributed by atoms with Crippen LogP contribution in [0, 0.1) is 6.92 Å². The first kappa shape index (κ1) is 44.8. The van der Waals surface area contributed by atoms with E-state index in [9.17, 15) is 19.5 Å². The number of piperidine rings is 1. The number of fused-ring (bicyclic) bond motifs is 4. The number of aliphatic hydroxyl groups is 1. The molecule has 0 saturated carbocycles. The first-order chi connectivity index (χ1) is 32.0. The third kappa shape index (κ3) is 9.46. The highest BCUT2D eigenvalue weighted by atomic mass is 32.1. The molecule has 0 spiro atoms. The Morgan fingerprint density at radius 3 is 2.38 bits per heavy atom. The van der Waals surface area contributed by atoms with Gasteiger partial charge in [-0.05, 0) is 103 Å². The lowest BCUT2D eigenvalue weighted by Gasteiger charge is -2.38. The van der Waals surface area contributed by atoms with E-state index in [4.69, 9.17) is 0 Å². The van der Waals surface area contributed by atoms with Gasteiger partial charge in [0.15, 0.2) is 5.52 Å². The first-order valence-corrected chi connectivity index (χ1v) is 24.0. The Morgan fingerprint density at radius 1 is 0.879 bits per heavy atom. The van der Waals surface area contributed by atoms with E-state index in [1.165, 1.54) is 54.3 Å². The molecule has 12 nitrogen and oxygen atoms in total. The molecule has 0 unspecified atom stereocenters. The number of nitrogens with zero attached hydrogens (tertiary/aromatic N) is 6. The van der Waals surface area contributed by atoms with Crippen molar-refractivity contribution in [3.8, 4) is 21.7 Å². The second-order valence-electron chi connectivity index (χ2n) is 18.0. The average molecular weight is 903 g/mol. The van der Waals surface area contributed by atoms with Crippen LogP contribution in [0.25, 0.3) is 54.5 Å². The van der Waals surface area contributed by atoms with Crippen molar-refractivity contribution < 1.29 is 14.7 Å². The van der Waals surface area contributed by atoms with Gasteiger partial charge in [-0.3, -0.25) is 23.6 Å². The molecule has 5 heterocycles. The van der Waals surface area contributed by atoms with Crippen molar-refractivity contribution in [2.75, 3.05) is 19.6 Å². The summed E-state index contributed by atoms with van der Waals surface area (Å²) in [5, 5.41) is 27.4. The second-order valence-corrected chi connectivity index (χ2v) is 18.9. The molecular weight excluding hydrogens is 845 g/mol. The summed E-state index contributed by atoms with van der Waals surface area (Å²) in [6, 6.07) is 33.7. The summed E-state index contributed by atoms with van der Waals surface area (Å²) >= 11 is 1.79. The van der Waals surface area contributed by atoms with Crippen molar-refractivity contribution in [1.82, 2.24) is 39.4 Å². The van der Waals surface area contributed by atoms with E-state index < -0.39 is 5.60 Å². The van der Waals surface area contributed by atoms with Crippen LogP contribution in [0.2, 0.25) is 0 Å². The fourth-order valence-corrected chi connectivity index (χ4v) is 10.4. The summed E-state index contributed by atoms with van der Waals surface area (Å²) in [7, 11) is 1.79. The van der Waals surface area contributed by atoms with E-state index in [1.54, 1.807) is 23.1 Å². The maximum atomic E-state index is 13.7. The van der Waals surface area contributed by atoms with Crippen molar-refractivity contribution in [1.29, 1.82) is 0 Å². The molecule has 1 saturated heterocycles. The van der Waals surface area contributed by atoms with Crippen LogP contribution in [0.15, 0.2) is 114 Å². The molecule has 1 fully saturated rings. The average Bonchev–Trinajstić information content (AvgIpc) is 4.01. The van der Waals surface area contributed by atoms with Gasteiger partial charge in [-0.1, -0.05) is 79.7 Å². The van der Waals surface area contributed by atoms with E-state index >= 15 is 0 Å². The number of carbonyl (C=O) groups excluding carboxylic acids is 2. The van der Waals surface area contributed by atoms with Gasteiger partial charge in [-0.2, -0.15) is 5.10 Å². The highest BCUT2D eigenvalue weighted by Gasteiger charge is 2.35. The number of thiophene rings is 1. The summed E-state index contributed by atoms with van der Waals surface area (Å²) in [5.41, 5.74) is 9.16. The summed E-state index contributed by atoms with van der Waals surface area (Å²) in [5.74, 6) is 0.178. The maximum Gasteiger partial charge on any atom is 0.281 e. The van der Waals surface area contributed by atoms with E-state index in [-0.39, 0.29) is 35.4 Å². The number of benzene rings is 4. The molecule has 0 bridgehead atoms. The Balaban J connectivity index is 0.741. The first-order valence-electron chi connectivity index (χ1n) is 23.1. The number of hydrogen-bond acceptors (Lipinski definition) is 8. The van der Waals surface area contributed by atoms with Crippen LogP contribution in [0.1, 0.15) is 74.1 Å². The monoisotopic (exact) mass is 902 g/mol. The van der Waals surface area contributed by atoms with Crippen LogP contribution in [0.4, 0.5) is 0 Å². The molecule has 1 aliphatic heterocycles. The maximum absolute atomic E-state index is 13.7. The van der Waals surface area contributed by atoms with Crippen molar-refractivity contribution in [2.45, 2.75) is 90.6 Å². The molecule has 4 aromatic carbocycles. The summed E-state index contributed by atoms with van der Waals surface area (Å²) in [6.07, 6.45) is 3.78. The van der Waals surface area contributed by atoms with Crippen LogP contribution in [0.3, 0.4) is 0 Å². The molecule has 9 rings (SSSR count). The summed E-state index contributed by atoms with van der Waals surface area (Å²) < 4.78 is 5.50. The van der Waals surface area contributed by atoms with Crippen molar-refractivity contribution in [2.24, 2.45) is 7.05 Å². The Morgan fingerprint density at radius 2 is 1.64 bits per heavy atom. The number of hydrogen-bond donors (Lipinski definition) is 3. The number of nitrogens with one attached hydrogen (secondary N) is 2. The van der Waals surface area contributed by atoms with Gasteiger partial charge < -0.3 is 25.2 Å². The van der Waals surface area contributed by atoms with E-state index in [0.29, 0.717) is 56.5 Å². The number of amides is 2. The predicted molar refractivity (Wildman–Crippen MR) is 264 cm³/mol. The molecule has 13 heteroatoms. The van der Waals surface area contributed by atoms with Crippen LogP contribution in [0.5, 0.6) is 0 Å². The van der Waals surface area contributed by atoms with E-state index in [2.05, 4.69) is 93.9 Å². The smallest absolute Gasteiger partial charge is 0.281 e. The van der Waals surface area contributed by atoms with Gasteiger partial charge in [0.2, 0.25) is 11.8 Å². The highest BCUT2D eigenvalue weighted by Crippen LogP contribution is 2.35. The Bertz CT molecular complexity index is 3090. The van der Waals surface area contributed by atoms with Crippen LogP contribution < -0.4 is 16.2 Å². The zero-order valence-corrected chi connectivity index (χ0v) is 39.0. The minimum absolute atomic E-state index is 0.00188. The minimum atomic E-state index is -1.15. The quantitative estimate of drug-likeness (QED) is 0.0825. The normalized spacial score (nSPS) is 14.3. The van der Waals surface area contributed by atoms with Gasteiger partial charge in [0.25, 0.3) is 5.56 Å². The molecule has 4 aromatic heterocycles. The van der Waals surface area contributed by atoms with Gasteiger partial charge in [0, 0.05) is 84.9 Å². The van der Waals surface area contributed by atoms with Crippen LogP contribution in [-0.2, 0) is 42.8 Å². The summed E-state index contributed by atoms with van der Waals surface area (Å²) in [6.45, 7) is 10.1. The fourth-order valence-electron chi connectivity index (χ4n) is 9.48. The highest BCUT2D eigenvalue weighted by molar-refractivity contribution is 7.13. The largest absolute Gasteiger partial charge is 0.388 e. The van der Waals surface area contributed by atoms with Crippen molar-refractivity contribution >= 4 is 56.0 Å². The topological polar surface area (TPSA) is 139 Å². The molecule has 3 N–H and O–H groups in total. The number of aryl methyl sites for hydroxylation is 3. The second kappa shape index (κ2) is 19.2. The third-order valence-corrected chi connectivity index (χ3v) is 14.3. The lowest BCUT2D eigenvalue weighted by atomic mass is 9.90. The Hall–Kier alpha value is -6.41. The zero-order valence-electron chi connectivity index (χ0n) is 38.2. The van der Waals surface area contributed by atoms with E-state index in [1.807, 2.05) is 59.5 Å². The predicted octanol–water partition coefficient (Wildman–Crippen LogP) is 8.70. The SMILES string of the molecule is CCn1c2ccc(CNCCCC(=O)NCc3ccc(-c4c5ncn(CC6(O)CCN(C(=O)C[C@@H](C)c7ccccc7)CC6)c(=O)c5nn4C)cc3)cc2c2ccc(-c3cc(C)cs3)cc21. The van der Waals surface area contributed by atoms with Gasteiger partial charge >= 0.3 is 0 Å². The number of carbonyl (C=O) groups is 2. The molecule has 66 heavy (non-hydrogen) atoms.